The van der Waals surface area contributed by atoms with Crippen LogP contribution in [0.4, 0.5) is 13.2 Å². The number of likely N-dealkylation sites (tertiary alicyclic amines) is 1. The van der Waals surface area contributed by atoms with Crippen molar-refractivity contribution in [1.82, 2.24) is 14.5 Å². The number of carbonyl (C=O) groups is 2. The van der Waals surface area contributed by atoms with Gasteiger partial charge in [0.1, 0.15) is 5.69 Å². The molecule has 3 aromatic rings. The van der Waals surface area contributed by atoms with E-state index in [4.69, 9.17) is 5.26 Å². The van der Waals surface area contributed by atoms with Gasteiger partial charge in [-0.2, -0.15) is 18.4 Å². The van der Waals surface area contributed by atoms with Gasteiger partial charge >= 0.3 is 6.18 Å². The van der Waals surface area contributed by atoms with E-state index in [1.807, 2.05) is 42.1 Å². The molecule has 2 aromatic heterocycles. The molecule has 182 valence electrons. The Kier molecular flexibility index (Phi) is 6.63. The van der Waals surface area contributed by atoms with E-state index < -0.39 is 18.2 Å². The monoisotopic (exact) mass is 484 g/mol. The Bertz CT molecular complexity index is 1320. The van der Waals surface area contributed by atoms with Crippen LogP contribution in [0.3, 0.4) is 0 Å². The number of aryl methyl sites for hydroxylation is 1. The summed E-state index contributed by atoms with van der Waals surface area (Å²) < 4.78 is 40.1. The van der Waals surface area contributed by atoms with Crippen LogP contribution in [0.1, 0.15) is 45.9 Å². The van der Waals surface area contributed by atoms with Gasteiger partial charge in [0.05, 0.1) is 11.6 Å². The second-order valence-corrected chi connectivity index (χ2v) is 8.73. The molecular weight excluding hydrogens is 461 g/mol. The molecule has 0 saturated carbocycles. The number of pyridine rings is 1. The molecule has 1 N–H and O–H groups in total. The number of Topliss-reactive ketones (excluding diaryl/α,β-unsaturated/α-hetero) is 1. The Balaban J connectivity index is 1.52. The number of ketones is 1. The molecule has 1 fully saturated rings. The first-order valence-corrected chi connectivity index (χ1v) is 11.1. The summed E-state index contributed by atoms with van der Waals surface area (Å²) in [6.07, 6.45) is -3.56. The van der Waals surface area contributed by atoms with Crippen molar-refractivity contribution in [2.24, 2.45) is 7.05 Å². The molecule has 1 aliphatic rings. The summed E-state index contributed by atoms with van der Waals surface area (Å²) in [7, 11) is 1.90. The van der Waals surface area contributed by atoms with Crippen molar-refractivity contribution in [3.63, 3.8) is 0 Å². The molecule has 1 aromatic carbocycles. The number of hydrogen-bond donors (Lipinski definition) is 1. The quantitative estimate of drug-likeness (QED) is 0.559. The van der Waals surface area contributed by atoms with Crippen molar-refractivity contribution in [1.29, 1.82) is 5.26 Å². The SMILES string of the molecule is Cn1cc(C2CCN(C(=O)C(O)C(F)(F)F)CC2)c2cc(CC(=O)c3cc(C#N)ccn3)ccc21. The summed E-state index contributed by atoms with van der Waals surface area (Å²) in [5, 5.41) is 19.3. The molecule has 10 heteroatoms. The zero-order valence-corrected chi connectivity index (χ0v) is 18.9. The number of alkyl halides is 3. The molecule has 3 heterocycles. The van der Waals surface area contributed by atoms with Crippen molar-refractivity contribution in [2.45, 2.75) is 37.5 Å². The predicted molar refractivity (Wildman–Crippen MR) is 121 cm³/mol. The van der Waals surface area contributed by atoms with Gasteiger partial charge in [-0.05, 0) is 54.2 Å². The zero-order valence-electron chi connectivity index (χ0n) is 18.9. The lowest BCUT2D eigenvalue weighted by Crippen LogP contribution is -2.48. The highest BCUT2D eigenvalue weighted by Gasteiger charge is 2.45. The highest BCUT2D eigenvalue weighted by Crippen LogP contribution is 2.35. The van der Waals surface area contributed by atoms with Crippen LogP contribution in [-0.4, -0.2) is 56.6 Å². The number of piperidine rings is 1. The third-order valence-electron chi connectivity index (χ3n) is 6.41. The second-order valence-electron chi connectivity index (χ2n) is 8.73. The Labute approximate surface area is 199 Å². The molecular formula is C25H23F3N4O3. The summed E-state index contributed by atoms with van der Waals surface area (Å²) in [6.45, 7) is 0.234. The molecule has 7 nitrogen and oxygen atoms in total. The molecule has 4 rings (SSSR count). The molecule has 1 atom stereocenters. The minimum absolute atomic E-state index is 0.0192. The van der Waals surface area contributed by atoms with E-state index in [-0.39, 0.29) is 36.9 Å². The summed E-state index contributed by atoms with van der Waals surface area (Å²) in [5.41, 5.74) is 3.31. The fraction of sp³-hybridized carbons (Fsp3) is 0.360. The van der Waals surface area contributed by atoms with Crippen LogP contribution >= 0.6 is 0 Å². The number of fused-ring (bicyclic) bond motifs is 1. The van der Waals surface area contributed by atoms with Crippen molar-refractivity contribution >= 4 is 22.6 Å². The van der Waals surface area contributed by atoms with Crippen molar-refractivity contribution < 1.29 is 27.9 Å². The lowest BCUT2D eigenvalue weighted by molar-refractivity contribution is -0.211. The number of aromatic nitrogens is 2. The van der Waals surface area contributed by atoms with E-state index in [0.29, 0.717) is 18.4 Å². The molecule has 35 heavy (non-hydrogen) atoms. The largest absolute Gasteiger partial charge is 0.423 e. The number of halogens is 3. The van der Waals surface area contributed by atoms with Crippen LogP contribution in [0, 0.1) is 11.3 Å². The third kappa shape index (κ3) is 5.05. The fourth-order valence-electron chi connectivity index (χ4n) is 4.56. The van der Waals surface area contributed by atoms with Gasteiger partial charge in [-0.1, -0.05) is 6.07 Å². The smallest absolute Gasteiger partial charge is 0.376 e. The number of aliphatic hydroxyl groups is 1. The summed E-state index contributed by atoms with van der Waals surface area (Å²) >= 11 is 0. The van der Waals surface area contributed by atoms with Gasteiger partial charge < -0.3 is 14.6 Å². The average Bonchev–Trinajstić information content (AvgIpc) is 3.18. The van der Waals surface area contributed by atoms with Gasteiger partial charge in [-0.25, -0.2) is 0 Å². The molecule has 0 radical (unpaired) electrons. The van der Waals surface area contributed by atoms with E-state index in [1.165, 1.54) is 18.3 Å². The molecule has 0 spiro atoms. The number of hydrogen-bond acceptors (Lipinski definition) is 5. The molecule has 1 saturated heterocycles. The average molecular weight is 484 g/mol. The molecule has 1 unspecified atom stereocenters. The zero-order chi connectivity index (χ0) is 25.3. The van der Waals surface area contributed by atoms with Crippen LogP contribution in [0.5, 0.6) is 0 Å². The highest BCUT2D eigenvalue weighted by atomic mass is 19.4. The van der Waals surface area contributed by atoms with Gasteiger partial charge in [0.2, 0.25) is 6.10 Å². The van der Waals surface area contributed by atoms with Crippen molar-refractivity contribution in [2.75, 3.05) is 13.1 Å². The van der Waals surface area contributed by atoms with Crippen molar-refractivity contribution in [3.05, 3.63) is 65.1 Å². The van der Waals surface area contributed by atoms with E-state index in [1.54, 1.807) is 0 Å². The maximum atomic E-state index is 12.7. The topological polar surface area (TPSA) is 99.2 Å². The van der Waals surface area contributed by atoms with Gasteiger partial charge in [-0.3, -0.25) is 14.6 Å². The van der Waals surface area contributed by atoms with Crippen molar-refractivity contribution in [3.8, 4) is 6.07 Å². The number of aliphatic hydroxyl groups excluding tert-OH is 1. The maximum Gasteiger partial charge on any atom is 0.423 e. The number of benzene rings is 1. The molecule has 1 aliphatic heterocycles. The summed E-state index contributed by atoms with van der Waals surface area (Å²) in [5.74, 6) is -1.51. The van der Waals surface area contributed by atoms with Gasteiger partial charge in [-0.15, -0.1) is 0 Å². The number of rotatable bonds is 5. The predicted octanol–water partition coefficient (Wildman–Crippen LogP) is 3.50. The first kappa shape index (κ1) is 24.4. The Hall–Kier alpha value is -3.71. The lowest BCUT2D eigenvalue weighted by Gasteiger charge is -2.33. The van der Waals surface area contributed by atoms with Crippen LogP contribution in [-0.2, 0) is 18.3 Å². The fourth-order valence-corrected chi connectivity index (χ4v) is 4.56. The van der Waals surface area contributed by atoms with Crippen LogP contribution < -0.4 is 0 Å². The Morgan fingerprint density at radius 1 is 1.23 bits per heavy atom. The molecule has 0 bridgehead atoms. The highest BCUT2D eigenvalue weighted by molar-refractivity contribution is 5.97. The number of carbonyl (C=O) groups excluding carboxylic acids is 2. The Morgan fingerprint density at radius 3 is 2.60 bits per heavy atom. The van der Waals surface area contributed by atoms with Crippen LogP contribution in [0.25, 0.3) is 10.9 Å². The number of nitriles is 1. The minimum atomic E-state index is -4.98. The normalized spacial score (nSPS) is 15.7. The van der Waals surface area contributed by atoms with E-state index in [2.05, 4.69) is 4.98 Å². The van der Waals surface area contributed by atoms with Crippen LogP contribution in [0.2, 0.25) is 0 Å². The first-order chi connectivity index (χ1) is 16.6. The molecule has 0 aliphatic carbocycles. The third-order valence-corrected chi connectivity index (χ3v) is 6.41. The van der Waals surface area contributed by atoms with E-state index in [0.717, 1.165) is 26.9 Å². The first-order valence-electron chi connectivity index (χ1n) is 11.1. The Morgan fingerprint density at radius 2 is 1.94 bits per heavy atom. The standard InChI is InChI=1S/C25H23F3N4O3/c1-31-14-19(17-5-8-32(9-6-17)24(35)23(34)25(26,27)28)18-10-15(2-3-21(18)31)12-22(33)20-11-16(13-29)4-7-30-20/h2-4,7,10-11,14,17,23,34H,5-6,8-9,12H2,1H3. The number of nitrogens with zero attached hydrogens (tertiary/aromatic N) is 4. The summed E-state index contributed by atoms with van der Waals surface area (Å²) in [4.78, 5) is 29.9. The number of amides is 1. The lowest BCUT2D eigenvalue weighted by atomic mass is 9.88. The second kappa shape index (κ2) is 9.50. The van der Waals surface area contributed by atoms with E-state index in [9.17, 15) is 27.9 Å². The van der Waals surface area contributed by atoms with Gasteiger partial charge in [0.15, 0.2) is 5.78 Å². The summed E-state index contributed by atoms with van der Waals surface area (Å²) in [6, 6.07) is 10.7. The van der Waals surface area contributed by atoms with Crippen LogP contribution in [0.15, 0.2) is 42.7 Å². The van der Waals surface area contributed by atoms with Gasteiger partial charge in [0, 0.05) is 49.9 Å². The van der Waals surface area contributed by atoms with Gasteiger partial charge in [0.25, 0.3) is 5.91 Å². The molecule has 1 amide bonds. The minimum Gasteiger partial charge on any atom is -0.376 e. The maximum absolute atomic E-state index is 12.7. The van der Waals surface area contributed by atoms with E-state index >= 15 is 0 Å².